The first-order valence-electron chi connectivity index (χ1n) is 12.4. The summed E-state index contributed by atoms with van der Waals surface area (Å²) >= 11 is 0. The molecule has 7 heteroatoms. The van der Waals surface area contributed by atoms with E-state index >= 15 is 0 Å². The maximum atomic E-state index is 11.6. The number of nitrogens with two attached hydrogens (primary N) is 1. The highest BCUT2D eigenvalue weighted by atomic mass is 16.1. The van der Waals surface area contributed by atoms with Crippen molar-refractivity contribution in [1.82, 2.24) is 19.2 Å². The lowest BCUT2D eigenvalue weighted by molar-refractivity contribution is 0.100. The smallest absolute Gasteiger partial charge is 0.248 e. The number of primary amides is 1. The summed E-state index contributed by atoms with van der Waals surface area (Å²) in [7, 11) is 0. The van der Waals surface area contributed by atoms with Gasteiger partial charge in [-0.15, -0.1) is 0 Å². The Morgan fingerprint density at radius 2 is 1.56 bits per heavy atom. The van der Waals surface area contributed by atoms with Crippen molar-refractivity contribution in [3.8, 4) is 28.5 Å². The molecular weight excluding hydrogens is 448 g/mol. The van der Waals surface area contributed by atoms with Gasteiger partial charge in [0.25, 0.3) is 0 Å². The number of pyridine rings is 1. The molecule has 1 amide bonds. The molecule has 1 aliphatic rings. The molecule has 2 aromatic carbocycles. The lowest BCUT2D eigenvalue weighted by Gasteiger charge is -2.34. The summed E-state index contributed by atoms with van der Waals surface area (Å²) < 4.78 is 2.18. The van der Waals surface area contributed by atoms with Gasteiger partial charge in [0, 0.05) is 50.0 Å². The fourth-order valence-electron chi connectivity index (χ4n) is 4.87. The molecule has 182 valence electrons. The van der Waals surface area contributed by atoms with Gasteiger partial charge in [-0.05, 0) is 60.5 Å². The van der Waals surface area contributed by atoms with Crippen LogP contribution in [0.3, 0.4) is 0 Å². The molecule has 2 aromatic heterocycles. The number of nitrogens with zero attached hydrogens (tertiary/aromatic N) is 5. The molecule has 0 saturated carbocycles. The standard InChI is InChI=1S/C29H30N6O/c1-2-13-33-14-16-34(17-15-33)20-26-28(23-7-9-24(10-8-23)29(31)36)32-27-12-11-25(19-35(26)27)22-5-3-21(18-30)4-6-22/h3-12,19H,2,13-17,20H2,1H3,(H2,31,36). The Labute approximate surface area is 211 Å². The van der Waals surface area contributed by atoms with E-state index in [0.717, 1.165) is 73.0 Å². The highest BCUT2D eigenvalue weighted by molar-refractivity contribution is 5.93. The average Bonchev–Trinajstić information content (AvgIpc) is 3.27. The van der Waals surface area contributed by atoms with E-state index in [1.165, 1.54) is 6.42 Å². The van der Waals surface area contributed by atoms with E-state index in [0.29, 0.717) is 11.1 Å². The highest BCUT2D eigenvalue weighted by Crippen LogP contribution is 2.29. The summed E-state index contributed by atoms with van der Waals surface area (Å²) in [5.41, 5.74) is 12.6. The number of amides is 1. The van der Waals surface area contributed by atoms with E-state index in [1.807, 2.05) is 42.5 Å². The fourth-order valence-corrected chi connectivity index (χ4v) is 4.87. The second-order valence-electron chi connectivity index (χ2n) is 9.30. The monoisotopic (exact) mass is 478 g/mol. The van der Waals surface area contributed by atoms with Gasteiger partial charge in [0.05, 0.1) is 23.0 Å². The van der Waals surface area contributed by atoms with Crippen molar-refractivity contribution in [2.45, 2.75) is 19.9 Å². The van der Waals surface area contributed by atoms with Crippen LogP contribution in [0.25, 0.3) is 28.0 Å². The first kappa shape index (κ1) is 23.7. The van der Waals surface area contributed by atoms with Gasteiger partial charge in [0.2, 0.25) is 5.91 Å². The van der Waals surface area contributed by atoms with Crippen molar-refractivity contribution in [3.05, 3.63) is 83.7 Å². The molecule has 0 unspecified atom stereocenters. The van der Waals surface area contributed by atoms with Crippen LogP contribution in [0.1, 0.15) is 35.0 Å². The summed E-state index contributed by atoms with van der Waals surface area (Å²) in [6, 6.07) is 21.3. The predicted octanol–water partition coefficient (Wildman–Crippen LogP) is 4.17. The zero-order valence-electron chi connectivity index (χ0n) is 20.5. The summed E-state index contributed by atoms with van der Waals surface area (Å²) in [5.74, 6) is -0.436. The quantitative estimate of drug-likeness (QED) is 0.431. The van der Waals surface area contributed by atoms with Crippen LogP contribution in [0.2, 0.25) is 0 Å². The molecule has 0 atom stereocenters. The molecule has 1 fully saturated rings. The number of aromatic nitrogens is 2. The van der Waals surface area contributed by atoms with Gasteiger partial charge >= 0.3 is 0 Å². The molecule has 0 bridgehead atoms. The molecule has 3 heterocycles. The maximum absolute atomic E-state index is 11.6. The van der Waals surface area contributed by atoms with Crippen molar-refractivity contribution >= 4 is 11.6 Å². The number of hydrogen-bond acceptors (Lipinski definition) is 5. The van der Waals surface area contributed by atoms with Crippen molar-refractivity contribution in [3.63, 3.8) is 0 Å². The molecule has 36 heavy (non-hydrogen) atoms. The van der Waals surface area contributed by atoms with Gasteiger partial charge in [-0.25, -0.2) is 4.98 Å². The molecule has 0 spiro atoms. The van der Waals surface area contributed by atoms with Crippen LogP contribution in [0.15, 0.2) is 66.9 Å². The minimum Gasteiger partial charge on any atom is -0.366 e. The molecule has 4 aromatic rings. The Morgan fingerprint density at radius 3 is 2.19 bits per heavy atom. The van der Waals surface area contributed by atoms with E-state index in [4.69, 9.17) is 16.0 Å². The Morgan fingerprint density at radius 1 is 0.917 bits per heavy atom. The normalized spacial score (nSPS) is 14.7. The Bertz CT molecular complexity index is 1410. The Hall–Kier alpha value is -3.99. The van der Waals surface area contributed by atoms with Gasteiger partial charge in [0.1, 0.15) is 5.65 Å². The Balaban J connectivity index is 1.54. The zero-order chi connectivity index (χ0) is 25.1. The maximum Gasteiger partial charge on any atom is 0.248 e. The molecule has 0 radical (unpaired) electrons. The average molecular weight is 479 g/mol. The van der Waals surface area contributed by atoms with Gasteiger partial charge in [-0.2, -0.15) is 5.26 Å². The van der Waals surface area contributed by atoms with Crippen molar-refractivity contribution in [2.24, 2.45) is 5.73 Å². The second kappa shape index (κ2) is 10.3. The van der Waals surface area contributed by atoms with Crippen LogP contribution in [0, 0.1) is 11.3 Å². The number of rotatable bonds is 7. The van der Waals surface area contributed by atoms with Crippen molar-refractivity contribution < 1.29 is 4.79 Å². The van der Waals surface area contributed by atoms with E-state index in [-0.39, 0.29) is 0 Å². The number of carbonyl (C=O) groups is 1. The summed E-state index contributed by atoms with van der Waals surface area (Å²) in [6.07, 6.45) is 3.31. The number of fused-ring (bicyclic) bond motifs is 1. The topological polar surface area (TPSA) is 90.7 Å². The first-order chi connectivity index (χ1) is 17.6. The van der Waals surface area contributed by atoms with Crippen molar-refractivity contribution in [1.29, 1.82) is 5.26 Å². The Kier molecular flexibility index (Phi) is 6.81. The van der Waals surface area contributed by atoms with Crippen LogP contribution in [-0.2, 0) is 6.54 Å². The summed E-state index contributed by atoms with van der Waals surface area (Å²) in [5, 5.41) is 9.14. The van der Waals surface area contributed by atoms with E-state index < -0.39 is 5.91 Å². The van der Waals surface area contributed by atoms with Crippen molar-refractivity contribution in [2.75, 3.05) is 32.7 Å². The fraction of sp³-hybridized carbons (Fsp3) is 0.276. The number of nitriles is 1. The number of carbonyl (C=O) groups excluding carboxylic acids is 1. The van der Waals surface area contributed by atoms with Crippen LogP contribution in [0.4, 0.5) is 0 Å². The van der Waals surface area contributed by atoms with Crippen LogP contribution in [-0.4, -0.2) is 57.8 Å². The van der Waals surface area contributed by atoms with Crippen LogP contribution in [0.5, 0.6) is 0 Å². The minimum atomic E-state index is -0.436. The molecule has 1 saturated heterocycles. The lowest BCUT2D eigenvalue weighted by Crippen LogP contribution is -2.46. The number of piperazine rings is 1. The summed E-state index contributed by atoms with van der Waals surface area (Å²) in [4.78, 5) is 21.6. The number of imidazole rings is 1. The van der Waals surface area contributed by atoms with Gasteiger partial charge in [0.15, 0.2) is 0 Å². The van der Waals surface area contributed by atoms with Gasteiger partial charge < -0.3 is 15.0 Å². The minimum absolute atomic E-state index is 0.436. The first-order valence-corrected chi connectivity index (χ1v) is 12.4. The van der Waals surface area contributed by atoms with Crippen LogP contribution >= 0.6 is 0 Å². The third-order valence-electron chi connectivity index (χ3n) is 6.89. The third kappa shape index (κ3) is 4.87. The van der Waals surface area contributed by atoms with E-state index in [1.54, 1.807) is 12.1 Å². The molecule has 0 aliphatic carbocycles. The zero-order valence-corrected chi connectivity index (χ0v) is 20.5. The molecule has 2 N–H and O–H groups in total. The van der Waals surface area contributed by atoms with Gasteiger partial charge in [-0.3, -0.25) is 9.69 Å². The lowest BCUT2D eigenvalue weighted by atomic mass is 10.1. The third-order valence-corrected chi connectivity index (χ3v) is 6.89. The molecule has 5 rings (SSSR count). The van der Waals surface area contributed by atoms with Gasteiger partial charge in [-0.1, -0.05) is 31.2 Å². The number of hydrogen-bond donors (Lipinski definition) is 1. The molecular formula is C29H30N6O. The number of benzene rings is 2. The highest BCUT2D eigenvalue weighted by Gasteiger charge is 2.21. The van der Waals surface area contributed by atoms with E-state index in [9.17, 15) is 4.79 Å². The SMILES string of the molecule is CCCN1CCN(Cc2c(-c3ccc(C(N)=O)cc3)nc3ccc(-c4ccc(C#N)cc4)cn23)CC1. The predicted molar refractivity (Wildman–Crippen MR) is 141 cm³/mol. The van der Waals surface area contributed by atoms with Crippen LogP contribution < -0.4 is 5.73 Å². The van der Waals surface area contributed by atoms with E-state index in [2.05, 4.69) is 39.5 Å². The molecule has 7 nitrogen and oxygen atoms in total. The largest absolute Gasteiger partial charge is 0.366 e. The summed E-state index contributed by atoms with van der Waals surface area (Å²) in [6.45, 7) is 8.34. The molecule has 1 aliphatic heterocycles. The second-order valence-corrected chi connectivity index (χ2v) is 9.30.